The fourth-order valence-corrected chi connectivity index (χ4v) is 2.31. The fourth-order valence-electron chi connectivity index (χ4n) is 1.97. The SMILES string of the molecule is COCCOc1cccc(NC(=S)NC(=O)/C=C/c2ccc(Cl)cc2)c1. The minimum absolute atomic E-state index is 0.199. The lowest BCUT2D eigenvalue weighted by atomic mass is 10.2. The summed E-state index contributed by atoms with van der Waals surface area (Å²) >= 11 is 11.0. The molecule has 0 aromatic heterocycles. The number of carbonyl (C=O) groups is 1. The molecule has 1 amide bonds. The maximum atomic E-state index is 11.9. The Morgan fingerprint density at radius 1 is 1.19 bits per heavy atom. The summed E-state index contributed by atoms with van der Waals surface area (Å²) in [5.41, 5.74) is 1.58. The molecule has 0 fully saturated rings. The minimum atomic E-state index is -0.329. The van der Waals surface area contributed by atoms with E-state index in [1.54, 1.807) is 31.4 Å². The van der Waals surface area contributed by atoms with E-state index in [1.807, 2.05) is 30.3 Å². The summed E-state index contributed by atoms with van der Waals surface area (Å²) in [6.07, 6.45) is 3.08. The van der Waals surface area contributed by atoms with Crippen molar-refractivity contribution in [2.24, 2.45) is 0 Å². The van der Waals surface area contributed by atoms with Crippen molar-refractivity contribution in [2.75, 3.05) is 25.6 Å². The van der Waals surface area contributed by atoms with Gasteiger partial charge in [0.15, 0.2) is 5.11 Å². The number of hydrogen-bond acceptors (Lipinski definition) is 4. The van der Waals surface area contributed by atoms with Crippen molar-refractivity contribution >= 4 is 46.6 Å². The zero-order valence-corrected chi connectivity index (χ0v) is 15.8. The normalized spacial score (nSPS) is 10.5. The third-order valence-corrected chi connectivity index (χ3v) is 3.64. The number of hydrogen-bond donors (Lipinski definition) is 2. The van der Waals surface area contributed by atoms with Gasteiger partial charge in [0, 0.05) is 30.0 Å². The average Bonchev–Trinajstić information content (AvgIpc) is 2.62. The second kappa shape index (κ2) is 10.6. The molecule has 0 aliphatic rings. The topological polar surface area (TPSA) is 59.6 Å². The highest BCUT2D eigenvalue weighted by Gasteiger charge is 2.03. The van der Waals surface area contributed by atoms with E-state index < -0.39 is 0 Å². The van der Waals surface area contributed by atoms with Crippen molar-refractivity contribution in [3.63, 3.8) is 0 Å². The molecule has 0 saturated heterocycles. The molecular weight excluding hydrogens is 372 g/mol. The maximum absolute atomic E-state index is 11.9. The summed E-state index contributed by atoms with van der Waals surface area (Å²) in [5, 5.41) is 6.38. The Morgan fingerprint density at radius 3 is 2.69 bits per heavy atom. The number of methoxy groups -OCH3 is 1. The third kappa shape index (κ3) is 7.23. The molecule has 2 aromatic carbocycles. The Morgan fingerprint density at radius 2 is 1.96 bits per heavy atom. The lowest BCUT2D eigenvalue weighted by Gasteiger charge is -2.10. The molecule has 0 heterocycles. The maximum Gasteiger partial charge on any atom is 0.250 e. The number of carbonyl (C=O) groups excluding carboxylic acids is 1. The first-order valence-corrected chi connectivity index (χ1v) is 8.63. The van der Waals surface area contributed by atoms with Crippen LogP contribution in [0, 0.1) is 0 Å². The van der Waals surface area contributed by atoms with Gasteiger partial charge in [-0.15, -0.1) is 0 Å². The zero-order chi connectivity index (χ0) is 18.8. The first-order chi connectivity index (χ1) is 12.6. The molecule has 0 aliphatic carbocycles. The van der Waals surface area contributed by atoms with Crippen LogP contribution in [-0.2, 0) is 9.53 Å². The van der Waals surface area contributed by atoms with E-state index >= 15 is 0 Å². The van der Waals surface area contributed by atoms with Gasteiger partial charge in [-0.25, -0.2) is 0 Å². The third-order valence-electron chi connectivity index (χ3n) is 3.18. The van der Waals surface area contributed by atoms with E-state index in [2.05, 4.69) is 10.6 Å². The molecule has 0 spiro atoms. The van der Waals surface area contributed by atoms with Crippen LogP contribution in [0.25, 0.3) is 6.08 Å². The summed E-state index contributed by atoms with van der Waals surface area (Å²) in [7, 11) is 1.61. The van der Waals surface area contributed by atoms with Gasteiger partial charge in [0.2, 0.25) is 5.91 Å². The lowest BCUT2D eigenvalue weighted by molar-refractivity contribution is -0.115. The summed E-state index contributed by atoms with van der Waals surface area (Å²) in [6, 6.07) is 14.4. The molecule has 0 saturated carbocycles. The van der Waals surface area contributed by atoms with Crippen LogP contribution < -0.4 is 15.4 Å². The van der Waals surface area contributed by atoms with Crippen molar-refractivity contribution in [3.8, 4) is 5.75 Å². The Balaban J connectivity index is 1.84. The van der Waals surface area contributed by atoms with Gasteiger partial charge in [-0.2, -0.15) is 0 Å². The lowest BCUT2D eigenvalue weighted by Crippen LogP contribution is -2.32. The predicted octanol–water partition coefficient (Wildman–Crippen LogP) is 3.89. The molecule has 5 nitrogen and oxygen atoms in total. The van der Waals surface area contributed by atoms with Gasteiger partial charge in [-0.1, -0.05) is 29.8 Å². The number of thiocarbonyl (C=S) groups is 1. The molecular formula is C19H19ClN2O3S. The van der Waals surface area contributed by atoms with Gasteiger partial charge in [-0.3, -0.25) is 10.1 Å². The molecule has 2 aromatic rings. The monoisotopic (exact) mass is 390 g/mol. The van der Waals surface area contributed by atoms with Crippen LogP contribution in [0.3, 0.4) is 0 Å². The average molecular weight is 391 g/mol. The fraction of sp³-hybridized carbons (Fsp3) is 0.158. The number of benzene rings is 2. The Kier molecular flexibility index (Phi) is 8.08. The van der Waals surface area contributed by atoms with Gasteiger partial charge >= 0.3 is 0 Å². The molecule has 0 aliphatic heterocycles. The van der Waals surface area contributed by atoms with E-state index in [0.29, 0.717) is 29.7 Å². The first kappa shape index (κ1) is 19.9. The Labute approximate surface area is 163 Å². The first-order valence-electron chi connectivity index (χ1n) is 7.84. The van der Waals surface area contributed by atoms with E-state index in [9.17, 15) is 4.79 Å². The van der Waals surface area contributed by atoms with Crippen molar-refractivity contribution in [2.45, 2.75) is 0 Å². The molecule has 0 bridgehead atoms. The summed E-state index contributed by atoms with van der Waals surface area (Å²) in [6.45, 7) is 0.961. The smallest absolute Gasteiger partial charge is 0.250 e. The molecule has 26 heavy (non-hydrogen) atoms. The van der Waals surface area contributed by atoms with Gasteiger partial charge < -0.3 is 14.8 Å². The van der Waals surface area contributed by atoms with E-state index in [4.69, 9.17) is 33.3 Å². The quantitative estimate of drug-likeness (QED) is 0.426. The van der Waals surface area contributed by atoms with Crippen LogP contribution in [0.4, 0.5) is 5.69 Å². The zero-order valence-electron chi connectivity index (χ0n) is 14.2. The van der Waals surface area contributed by atoms with Crippen molar-refractivity contribution in [1.82, 2.24) is 5.32 Å². The highest BCUT2D eigenvalue weighted by atomic mass is 35.5. The number of nitrogens with one attached hydrogen (secondary N) is 2. The molecule has 0 atom stereocenters. The number of ether oxygens (including phenoxy) is 2. The predicted molar refractivity (Wildman–Crippen MR) is 109 cm³/mol. The van der Waals surface area contributed by atoms with Gasteiger partial charge in [0.25, 0.3) is 0 Å². The summed E-state index contributed by atoms with van der Waals surface area (Å²) in [5.74, 6) is 0.355. The Bertz CT molecular complexity index is 779. The van der Waals surface area contributed by atoms with Gasteiger partial charge in [0.05, 0.1) is 6.61 Å². The molecule has 0 radical (unpaired) electrons. The molecule has 2 rings (SSSR count). The van der Waals surface area contributed by atoms with E-state index in [0.717, 1.165) is 5.56 Å². The van der Waals surface area contributed by atoms with Crippen molar-refractivity contribution < 1.29 is 14.3 Å². The van der Waals surface area contributed by atoms with Crippen LogP contribution in [-0.4, -0.2) is 31.3 Å². The summed E-state index contributed by atoms with van der Waals surface area (Å²) < 4.78 is 10.5. The van der Waals surface area contributed by atoms with Crippen LogP contribution in [0.15, 0.2) is 54.6 Å². The van der Waals surface area contributed by atoms with Crippen LogP contribution in [0.2, 0.25) is 5.02 Å². The van der Waals surface area contributed by atoms with Crippen LogP contribution in [0.5, 0.6) is 5.75 Å². The molecule has 136 valence electrons. The van der Waals surface area contributed by atoms with Gasteiger partial charge in [0.1, 0.15) is 12.4 Å². The molecule has 2 N–H and O–H groups in total. The highest BCUT2D eigenvalue weighted by molar-refractivity contribution is 7.80. The van der Waals surface area contributed by atoms with Gasteiger partial charge in [-0.05, 0) is 48.1 Å². The number of anilines is 1. The van der Waals surface area contributed by atoms with Crippen LogP contribution >= 0.6 is 23.8 Å². The number of amides is 1. The van der Waals surface area contributed by atoms with Crippen molar-refractivity contribution in [1.29, 1.82) is 0 Å². The second-order valence-electron chi connectivity index (χ2n) is 5.20. The summed E-state index contributed by atoms with van der Waals surface area (Å²) in [4.78, 5) is 11.9. The Hall–Kier alpha value is -2.41. The van der Waals surface area contributed by atoms with Crippen LogP contribution in [0.1, 0.15) is 5.56 Å². The minimum Gasteiger partial charge on any atom is -0.491 e. The molecule has 7 heteroatoms. The van der Waals surface area contributed by atoms with Crippen molar-refractivity contribution in [3.05, 3.63) is 65.2 Å². The number of halogens is 1. The second-order valence-corrected chi connectivity index (χ2v) is 6.04. The van der Waals surface area contributed by atoms with E-state index in [-0.39, 0.29) is 11.0 Å². The largest absolute Gasteiger partial charge is 0.491 e. The highest BCUT2D eigenvalue weighted by Crippen LogP contribution is 2.17. The number of rotatable bonds is 7. The molecule has 0 unspecified atom stereocenters. The standard InChI is InChI=1S/C19H19ClN2O3S/c1-24-11-12-25-17-4-2-3-16(13-17)21-19(26)22-18(23)10-7-14-5-8-15(20)9-6-14/h2-10,13H,11-12H2,1H3,(H2,21,22,23,26)/b10-7+. The van der Waals surface area contributed by atoms with E-state index in [1.165, 1.54) is 6.08 Å².